The van der Waals surface area contributed by atoms with Gasteiger partial charge in [0.1, 0.15) is 36.2 Å². The predicted molar refractivity (Wildman–Crippen MR) is 268 cm³/mol. The van der Waals surface area contributed by atoms with Gasteiger partial charge in [-0.25, -0.2) is 19.2 Å². The molecule has 71 heavy (non-hydrogen) atoms. The van der Waals surface area contributed by atoms with Crippen molar-refractivity contribution < 1.29 is 47.6 Å². The number of nitrogens with zero attached hydrogens (tertiary/aromatic N) is 2. The third-order valence-corrected chi connectivity index (χ3v) is 10.7. The molecule has 0 saturated carbocycles. The number of rotatable bonds is 24. The van der Waals surface area contributed by atoms with Gasteiger partial charge in [0.15, 0.2) is 0 Å². The fourth-order valence-corrected chi connectivity index (χ4v) is 7.00. The SMILES string of the molecule is N#CCCCOc1ccc(C(=O)Oc2ccc(C=CC(=O)OCC(COC(=O)C=Cc3ccc(OC(=O)c4ccc(OCCCC#N)cc4)cc3)(Cc3ccc(N)cc3)Cc3ccc(N)cc3)cc2)cc1. The number of carbonyl (C=O) groups excluding carboxylic acids is 4. The first-order chi connectivity index (χ1) is 34.5. The highest BCUT2D eigenvalue weighted by Gasteiger charge is 2.35. The van der Waals surface area contributed by atoms with Crippen molar-refractivity contribution in [1.29, 1.82) is 10.5 Å². The van der Waals surface area contributed by atoms with E-state index < -0.39 is 29.3 Å². The summed E-state index contributed by atoms with van der Waals surface area (Å²) in [5.74, 6) is -0.613. The van der Waals surface area contributed by atoms with Crippen molar-refractivity contribution in [2.75, 3.05) is 37.9 Å². The molecule has 0 aliphatic carbocycles. The minimum absolute atomic E-state index is 0.132. The Labute approximate surface area is 412 Å². The summed E-state index contributed by atoms with van der Waals surface area (Å²) in [5.41, 5.74) is 15.9. The van der Waals surface area contributed by atoms with Crippen LogP contribution in [0, 0.1) is 28.1 Å². The van der Waals surface area contributed by atoms with E-state index in [0.29, 0.717) is 108 Å². The van der Waals surface area contributed by atoms with Crippen LogP contribution in [0.2, 0.25) is 0 Å². The van der Waals surface area contributed by atoms with Crippen molar-refractivity contribution in [2.45, 2.75) is 38.5 Å². The average Bonchev–Trinajstić information content (AvgIpc) is 3.39. The average molecular weight is 953 g/mol. The molecule has 0 aliphatic rings. The second-order valence-corrected chi connectivity index (χ2v) is 16.4. The number of unbranched alkanes of at least 4 members (excludes halogenated alkanes) is 2. The second-order valence-electron chi connectivity index (χ2n) is 16.4. The molecule has 0 heterocycles. The van der Waals surface area contributed by atoms with E-state index in [-0.39, 0.29) is 13.2 Å². The van der Waals surface area contributed by atoms with E-state index in [1.54, 1.807) is 133 Å². The highest BCUT2D eigenvalue weighted by molar-refractivity contribution is 5.92. The van der Waals surface area contributed by atoms with E-state index in [2.05, 4.69) is 12.1 Å². The Morgan fingerprint density at radius 1 is 0.479 bits per heavy atom. The number of ether oxygens (including phenoxy) is 6. The maximum absolute atomic E-state index is 13.4. The number of hydrogen-bond acceptors (Lipinski definition) is 14. The molecule has 0 unspecified atom stereocenters. The lowest BCUT2D eigenvalue weighted by Crippen LogP contribution is -2.38. The molecule has 0 radical (unpaired) electrons. The molecule has 0 aliphatic heterocycles. The molecule has 6 rings (SSSR count). The predicted octanol–water partition coefficient (Wildman–Crippen LogP) is 9.94. The Balaban J connectivity index is 1.08. The van der Waals surface area contributed by atoms with Gasteiger partial charge in [-0.2, -0.15) is 10.5 Å². The van der Waals surface area contributed by atoms with Crippen LogP contribution in [0.1, 0.15) is 68.7 Å². The number of anilines is 2. The maximum Gasteiger partial charge on any atom is 0.343 e. The number of nitrogen functional groups attached to an aromatic ring is 2. The van der Waals surface area contributed by atoms with Crippen LogP contribution in [-0.4, -0.2) is 50.3 Å². The molecule has 0 aromatic heterocycles. The van der Waals surface area contributed by atoms with Crippen LogP contribution in [0.3, 0.4) is 0 Å². The Bertz CT molecular complexity index is 2650. The fraction of sp³-hybridized carbons (Fsp3) is 0.193. The fourth-order valence-electron chi connectivity index (χ4n) is 7.00. The summed E-state index contributed by atoms with van der Waals surface area (Å²) >= 11 is 0. The van der Waals surface area contributed by atoms with Crippen molar-refractivity contribution in [3.8, 4) is 35.1 Å². The van der Waals surface area contributed by atoms with Crippen LogP contribution in [0.4, 0.5) is 11.4 Å². The smallest absolute Gasteiger partial charge is 0.343 e. The highest BCUT2D eigenvalue weighted by Crippen LogP contribution is 2.31. The Kier molecular flexibility index (Phi) is 19.1. The minimum Gasteiger partial charge on any atom is -0.494 e. The van der Waals surface area contributed by atoms with Gasteiger partial charge < -0.3 is 39.9 Å². The minimum atomic E-state index is -0.951. The van der Waals surface area contributed by atoms with E-state index >= 15 is 0 Å². The van der Waals surface area contributed by atoms with E-state index in [9.17, 15) is 19.2 Å². The molecule has 6 aromatic rings. The summed E-state index contributed by atoms with van der Waals surface area (Å²) in [4.78, 5) is 52.3. The summed E-state index contributed by atoms with van der Waals surface area (Å²) < 4.78 is 34.1. The van der Waals surface area contributed by atoms with Gasteiger partial charge in [0.2, 0.25) is 0 Å². The molecule has 14 heteroatoms. The summed E-state index contributed by atoms with van der Waals surface area (Å²) in [7, 11) is 0. The van der Waals surface area contributed by atoms with Crippen molar-refractivity contribution in [2.24, 2.45) is 5.41 Å². The van der Waals surface area contributed by atoms with Crippen LogP contribution < -0.4 is 30.4 Å². The maximum atomic E-state index is 13.4. The molecule has 14 nitrogen and oxygen atoms in total. The van der Waals surface area contributed by atoms with Gasteiger partial charge in [0, 0.05) is 41.8 Å². The largest absolute Gasteiger partial charge is 0.494 e. The van der Waals surface area contributed by atoms with Gasteiger partial charge in [0.05, 0.1) is 36.5 Å². The molecule has 0 bridgehead atoms. The molecule has 0 atom stereocenters. The van der Waals surface area contributed by atoms with Crippen LogP contribution in [0.25, 0.3) is 12.2 Å². The third-order valence-electron chi connectivity index (χ3n) is 10.7. The number of hydrogen-bond donors (Lipinski definition) is 2. The van der Waals surface area contributed by atoms with E-state index in [4.69, 9.17) is 50.4 Å². The van der Waals surface area contributed by atoms with Crippen LogP contribution in [0.5, 0.6) is 23.0 Å². The van der Waals surface area contributed by atoms with E-state index in [1.807, 2.05) is 24.3 Å². The molecule has 4 N–H and O–H groups in total. The first-order valence-corrected chi connectivity index (χ1v) is 22.7. The normalized spacial score (nSPS) is 11.0. The van der Waals surface area contributed by atoms with E-state index in [0.717, 1.165) is 11.1 Å². The molecule has 360 valence electrons. The van der Waals surface area contributed by atoms with Crippen molar-refractivity contribution >= 4 is 47.4 Å². The molecular formula is C57H52N4O10. The zero-order valence-corrected chi connectivity index (χ0v) is 38.9. The summed E-state index contributed by atoms with van der Waals surface area (Å²) in [6.45, 7) is 0.530. The van der Waals surface area contributed by atoms with Crippen molar-refractivity contribution in [1.82, 2.24) is 0 Å². The number of nitriles is 2. The van der Waals surface area contributed by atoms with Crippen molar-refractivity contribution in [3.63, 3.8) is 0 Å². The standard InChI is InChI=1S/C57H52N4O10/c58-33-1-3-35-66-49-27-15-45(16-28-49)55(64)70-51-23-9-41(10-24-51)13-31-53(62)68-39-57(37-43-5-19-47(60)20-6-43,38-44-7-21-48(61)22-8-44)40-69-54(63)32-14-42-11-25-52(26-12-42)71-56(65)46-17-29-50(30-18-46)67-36-4-2-34-59/h5-32H,1-4,35-40,60-61H2. The lowest BCUT2D eigenvalue weighted by Gasteiger charge is -2.33. The third kappa shape index (κ3) is 17.2. The molecule has 0 fully saturated rings. The quantitative estimate of drug-likeness (QED) is 0.0189. The summed E-state index contributed by atoms with van der Waals surface area (Å²) in [6.07, 6.45) is 8.42. The zero-order chi connectivity index (χ0) is 50.3. The lowest BCUT2D eigenvalue weighted by atomic mass is 9.77. The Morgan fingerprint density at radius 2 is 0.831 bits per heavy atom. The Hall–Kier alpha value is -9.14. The monoisotopic (exact) mass is 952 g/mol. The first-order valence-electron chi connectivity index (χ1n) is 22.7. The topological polar surface area (TPSA) is 223 Å². The number of esters is 4. The zero-order valence-electron chi connectivity index (χ0n) is 38.9. The first kappa shape index (κ1) is 51.3. The van der Waals surface area contributed by atoms with Crippen LogP contribution >= 0.6 is 0 Å². The molecule has 0 amide bonds. The Morgan fingerprint density at radius 3 is 1.18 bits per heavy atom. The van der Waals surface area contributed by atoms with Crippen LogP contribution in [0.15, 0.2) is 158 Å². The summed E-state index contributed by atoms with van der Waals surface area (Å²) in [6, 6.07) is 44.9. The van der Waals surface area contributed by atoms with Gasteiger partial charge in [-0.3, -0.25) is 0 Å². The van der Waals surface area contributed by atoms with Crippen molar-refractivity contribution in [3.05, 3.63) is 191 Å². The lowest BCUT2D eigenvalue weighted by molar-refractivity contribution is -0.148. The van der Waals surface area contributed by atoms with Gasteiger partial charge in [-0.05, 0) is 157 Å². The molecule has 6 aromatic carbocycles. The molecule has 0 spiro atoms. The van der Waals surface area contributed by atoms with Crippen LogP contribution in [-0.2, 0) is 31.9 Å². The number of carbonyl (C=O) groups is 4. The highest BCUT2D eigenvalue weighted by atomic mass is 16.6. The number of nitrogens with two attached hydrogens (primary N) is 2. The number of benzene rings is 6. The second kappa shape index (κ2) is 26.4. The molecular weight excluding hydrogens is 901 g/mol. The van der Waals surface area contributed by atoms with Gasteiger partial charge in [-0.1, -0.05) is 48.5 Å². The van der Waals surface area contributed by atoms with Gasteiger partial charge >= 0.3 is 23.9 Å². The summed E-state index contributed by atoms with van der Waals surface area (Å²) in [5, 5.41) is 17.4. The molecule has 0 saturated heterocycles. The van der Waals surface area contributed by atoms with Gasteiger partial charge in [-0.15, -0.1) is 0 Å². The van der Waals surface area contributed by atoms with E-state index in [1.165, 1.54) is 12.2 Å². The van der Waals surface area contributed by atoms with Gasteiger partial charge in [0.25, 0.3) is 0 Å².